The van der Waals surface area contributed by atoms with Crippen molar-refractivity contribution in [2.75, 3.05) is 11.9 Å². The summed E-state index contributed by atoms with van der Waals surface area (Å²) in [7, 11) is 4.65. The summed E-state index contributed by atoms with van der Waals surface area (Å²) in [6, 6.07) is 7.81. The van der Waals surface area contributed by atoms with E-state index in [0.717, 1.165) is 10.3 Å². The van der Waals surface area contributed by atoms with Gasteiger partial charge >= 0.3 is 5.69 Å². The van der Waals surface area contributed by atoms with Crippen molar-refractivity contribution in [2.24, 2.45) is 14.1 Å². The molecule has 3 rings (SSSR count). The third kappa shape index (κ3) is 3.18. The number of carbonyl (C=O) groups excluding carboxylic acids is 1. The molecule has 0 aliphatic rings. The van der Waals surface area contributed by atoms with E-state index in [9.17, 15) is 14.4 Å². The second-order valence-electron chi connectivity index (χ2n) is 6.95. The van der Waals surface area contributed by atoms with Gasteiger partial charge in [0.1, 0.15) is 6.54 Å². The predicted octanol–water partition coefficient (Wildman–Crippen LogP) is 1.22. The fraction of sp³-hybridized carbons (Fsp3) is 0.368. The highest BCUT2D eigenvalue weighted by molar-refractivity contribution is 5.93. The summed E-state index contributed by atoms with van der Waals surface area (Å²) in [6.45, 7) is 4.18. The van der Waals surface area contributed by atoms with Crippen LogP contribution in [-0.2, 0) is 25.4 Å². The smallest absolute Gasteiger partial charge is 0.315 e. The lowest BCUT2D eigenvalue weighted by Crippen LogP contribution is -2.38. The molecule has 2 heterocycles. The molecule has 0 spiro atoms. The molecule has 0 N–H and O–H groups in total. The highest BCUT2D eigenvalue weighted by Gasteiger charge is 2.18. The molecule has 0 atom stereocenters. The Hall–Kier alpha value is -3.16. The van der Waals surface area contributed by atoms with E-state index in [1.54, 1.807) is 19.0 Å². The van der Waals surface area contributed by atoms with E-state index in [2.05, 4.69) is 18.8 Å². The Bertz CT molecular complexity index is 1120. The van der Waals surface area contributed by atoms with Gasteiger partial charge in [0.15, 0.2) is 11.2 Å². The Morgan fingerprint density at radius 3 is 2.33 bits per heavy atom. The standard InChI is InChI=1S/C19H23N5O3/c1-12(2)13-6-8-14(9-7-13)21(3)15(25)10-24-11-20-17-16(24)18(26)23(5)19(27)22(17)4/h6-9,11-12H,10H2,1-5H3. The third-order valence-electron chi connectivity index (χ3n) is 4.84. The fourth-order valence-corrected chi connectivity index (χ4v) is 3.00. The van der Waals surface area contributed by atoms with Crippen LogP contribution < -0.4 is 16.1 Å². The van der Waals surface area contributed by atoms with Gasteiger partial charge in [0, 0.05) is 26.8 Å². The molecule has 142 valence electrons. The molecule has 0 bridgehead atoms. The first-order valence-corrected chi connectivity index (χ1v) is 8.69. The quantitative estimate of drug-likeness (QED) is 0.692. The molecule has 3 aromatic rings. The molecule has 0 aliphatic heterocycles. The van der Waals surface area contributed by atoms with Crippen LogP contribution in [0.2, 0.25) is 0 Å². The number of rotatable bonds is 4. The first kappa shape index (κ1) is 18.6. The normalized spacial score (nSPS) is 11.3. The van der Waals surface area contributed by atoms with Gasteiger partial charge in [-0.25, -0.2) is 9.78 Å². The van der Waals surface area contributed by atoms with Crippen molar-refractivity contribution in [1.82, 2.24) is 18.7 Å². The zero-order valence-corrected chi connectivity index (χ0v) is 16.1. The molecule has 8 nitrogen and oxygen atoms in total. The molecule has 0 saturated carbocycles. The summed E-state index contributed by atoms with van der Waals surface area (Å²) >= 11 is 0. The molecule has 0 radical (unpaired) electrons. The van der Waals surface area contributed by atoms with Crippen molar-refractivity contribution in [3.8, 4) is 0 Å². The number of hydrogen-bond acceptors (Lipinski definition) is 4. The molecular weight excluding hydrogens is 346 g/mol. The number of benzene rings is 1. The van der Waals surface area contributed by atoms with Gasteiger partial charge in [0.25, 0.3) is 5.56 Å². The van der Waals surface area contributed by atoms with E-state index in [1.807, 2.05) is 24.3 Å². The van der Waals surface area contributed by atoms with Crippen molar-refractivity contribution in [2.45, 2.75) is 26.3 Å². The van der Waals surface area contributed by atoms with Gasteiger partial charge in [-0.15, -0.1) is 0 Å². The summed E-state index contributed by atoms with van der Waals surface area (Å²) in [4.78, 5) is 42.9. The van der Waals surface area contributed by atoms with E-state index in [0.29, 0.717) is 5.92 Å². The molecular formula is C19H23N5O3. The lowest BCUT2D eigenvalue weighted by atomic mass is 10.0. The zero-order valence-electron chi connectivity index (χ0n) is 16.1. The predicted molar refractivity (Wildman–Crippen MR) is 104 cm³/mol. The monoisotopic (exact) mass is 369 g/mol. The van der Waals surface area contributed by atoms with Crippen LogP contribution in [0.1, 0.15) is 25.3 Å². The van der Waals surface area contributed by atoms with E-state index < -0.39 is 11.2 Å². The number of fused-ring (bicyclic) bond motifs is 1. The van der Waals surface area contributed by atoms with Gasteiger partial charge in [-0.1, -0.05) is 26.0 Å². The Labute approximate surface area is 156 Å². The molecule has 0 saturated heterocycles. The summed E-state index contributed by atoms with van der Waals surface area (Å²) < 4.78 is 3.80. The lowest BCUT2D eigenvalue weighted by Gasteiger charge is -2.18. The highest BCUT2D eigenvalue weighted by Crippen LogP contribution is 2.19. The zero-order chi connectivity index (χ0) is 19.9. The average molecular weight is 369 g/mol. The Morgan fingerprint density at radius 1 is 1.11 bits per heavy atom. The first-order chi connectivity index (χ1) is 12.7. The van der Waals surface area contributed by atoms with E-state index in [4.69, 9.17) is 0 Å². The minimum Gasteiger partial charge on any atom is -0.315 e. The summed E-state index contributed by atoms with van der Waals surface area (Å²) in [5, 5.41) is 0. The van der Waals surface area contributed by atoms with Gasteiger partial charge in [-0.2, -0.15) is 0 Å². The largest absolute Gasteiger partial charge is 0.332 e. The van der Waals surface area contributed by atoms with E-state index >= 15 is 0 Å². The summed E-state index contributed by atoms with van der Waals surface area (Å²) in [5.74, 6) is 0.225. The Morgan fingerprint density at radius 2 is 1.74 bits per heavy atom. The molecule has 27 heavy (non-hydrogen) atoms. The molecule has 0 aliphatic carbocycles. The number of aryl methyl sites for hydroxylation is 1. The van der Waals surface area contributed by atoms with Gasteiger partial charge in [0.2, 0.25) is 5.91 Å². The SMILES string of the molecule is CC(C)c1ccc(N(C)C(=O)Cn2cnc3c2c(=O)n(C)c(=O)n3C)cc1. The average Bonchev–Trinajstić information content (AvgIpc) is 3.07. The number of nitrogens with zero attached hydrogens (tertiary/aromatic N) is 5. The fourth-order valence-electron chi connectivity index (χ4n) is 3.00. The number of carbonyl (C=O) groups is 1. The molecule has 1 aromatic carbocycles. The van der Waals surface area contributed by atoms with Crippen LogP contribution >= 0.6 is 0 Å². The number of likely N-dealkylation sites (N-methyl/N-ethyl adjacent to an activating group) is 1. The van der Waals surface area contributed by atoms with Crippen LogP contribution in [-0.4, -0.2) is 31.6 Å². The van der Waals surface area contributed by atoms with Crippen LogP contribution in [0.5, 0.6) is 0 Å². The van der Waals surface area contributed by atoms with Gasteiger partial charge in [-0.05, 0) is 23.6 Å². The van der Waals surface area contributed by atoms with Crippen molar-refractivity contribution in [1.29, 1.82) is 0 Å². The number of anilines is 1. The van der Waals surface area contributed by atoms with Gasteiger partial charge in [-0.3, -0.25) is 18.7 Å². The molecule has 0 unspecified atom stereocenters. The van der Waals surface area contributed by atoms with Crippen LogP contribution in [0, 0.1) is 0 Å². The Kier molecular flexibility index (Phi) is 4.73. The second-order valence-corrected chi connectivity index (χ2v) is 6.95. The molecule has 1 amide bonds. The first-order valence-electron chi connectivity index (χ1n) is 8.69. The number of amides is 1. The number of hydrogen-bond donors (Lipinski definition) is 0. The van der Waals surface area contributed by atoms with Crippen molar-refractivity contribution in [3.05, 3.63) is 57.0 Å². The maximum Gasteiger partial charge on any atom is 0.332 e. The third-order valence-corrected chi connectivity index (χ3v) is 4.84. The summed E-state index contributed by atoms with van der Waals surface area (Å²) in [6.07, 6.45) is 1.42. The minimum absolute atomic E-state index is 0.0492. The van der Waals surface area contributed by atoms with E-state index in [1.165, 1.54) is 28.1 Å². The Balaban J connectivity index is 1.92. The van der Waals surface area contributed by atoms with Crippen LogP contribution in [0.4, 0.5) is 5.69 Å². The van der Waals surface area contributed by atoms with Gasteiger partial charge in [0.05, 0.1) is 6.33 Å². The van der Waals surface area contributed by atoms with Crippen molar-refractivity contribution < 1.29 is 4.79 Å². The lowest BCUT2D eigenvalue weighted by molar-refractivity contribution is -0.118. The van der Waals surface area contributed by atoms with Crippen LogP contribution in [0.25, 0.3) is 11.2 Å². The molecule has 2 aromatic heterocycles. The maximum atomic E-state index is 12.7. The highest BCUT2D eigenvalue weighted by atomic mass is 16.2. The van der Waals surface area contributed by atoms with Crippen LogP contribution in [0.3, 0.4) is 0 Å². The molecule has 0 fully saturated rings. The van der Waals surface area contributed by atoms with Crippen molar-refractivity contribution in [3.63, 3.8) is 0 Å². The molecule has 8 heteroatoms. The second kappa shape index (κ2) is 6.86. The van der Waals surface area contributed by atoms with E-state index in [-0.39, 0.29) is 23.6 Å². The van der Waals surface area contributed by atoms with Gasteiger partial charge < -0.3 is 9.47 Å². The number of imidazole rings is 1. The topological polar surface area (TPSA) is 82.1 Å². The minimum atomic E-state index is -0.470. The summed E-state index contributed by atoms with van der Waals surface area (Å²) in [5.41, 5.74) is 1.55. The van der Waals surface area contributed by atoms with Crippen molar-refractivity contribution >= 4 is 22.8 Å². The maximum absolute atomic E-state index is 12.7. The number of aromatic nitrogens is 4. The van der Waals surface area contributed by atoms with Crippen LogP contribution in [0.15, 0.2) is 40.2 Å².